The molecule has 1 aromatic heterocycles. The van der Waals surface area contributed by atoms with E-state index in [0.717, 1.165) is 11.3 Å². The van der Waals surface area contributed by atoms with E-state index < -0.39 is 5.97 Å². The molecule has 0 bridgehead atoms. The second-order valence-corrected chi connectivity index (χ2v) is 6.07. The van der Waals surface area contributed by atoms with E-state index >= 15 is 0 Å². The second-order valence-electron chi connectivity index (χ2n) is 6.07. The summed E-state index contributed by atoms with van der Waals surface area (Å²) < 4.78 is 6.88. The Morgan fingerprint density at radius 3 is 2.30 bits per heavy atom. The number of methoxy groups -OCH3 is 1. The molecule has 3 aromatic rings. The maximum absolute atomic E-state index is 12.8. The molecule has 2 aromatic carbocycles. The summed E-state index contributed by atoms with van der Waals surface area (Å²) in [6.07, 6.45) is 1.18. The van der Waals surface area contributed by atoms with Gasteiger partial charge in [-0.05, 0) is 24.1 Å². The average Bonchev–Trinajstić information content (AvgIpc) is 2.72. The molecule has 0 unspecified atom stereocenters. The molecule has 0 saturated carbocycles. The number of para-hydroxylation sites is 1. The van der Waals surface area contributed by atoms with Crippen LogP contribution in [0, 0.1) is 0 Å². The van der Waals surface area contributed by atoms with Gasteiger partial charge in [-0.25, -0.2) is 4.79 Å². The van der Waals surface area contributed by atoms with E-state index in [2.05, 4.69) is 4.98 Å². The first-order valence-corrected chi connectivity index (χ1v) is 9.00. The second kappa shape index (κ2) is 7.99. The number of ether oxygens (including phenoxy) is 1. The molecule has 138 valence electrons. The highest BCUT2D eigenvalue weighted by atomic mass is 16.5. The highest BCUT2D eigenvalue weighted by Crippen LogP contribution is 2.26. The number of rotatable bonds is 5. The van der Waals surface area contributed by atoms with Gasteiger partial charge in [0.15, 0.2) is 0 Å². The summed E-state index contributed by atoms with van der Waals surface area (Å²) in [5.41, 5.74) is 3.07. The fourth-order valence-corrected chi connectivity index (χ4v) is 3.32. The van der Waals surface area contributed by atoms with Gasteiger partial charge in [0.2, 0.25) is 0 Å². The van der Waals surface area contributed by atoms with Gasteiger partial charge in [-0.1, -0.05) is 56.3 Å². The lowest BCUT2D eigenvalue weighted by Gasteiger charge is -2.21. The zero-order chi connectivity index (χ0) is 19.4. The fraction of sp³-hybridized carbons (Fsp3) is 0.227. The number of esters is 1. The lowest BCUT2D eigenvalue weighted by Crippen LogP contribution is -2.24. The average molecular weight is 362 g/mol. The van der Waals surface area contributed by atoms with Crippen LogP contribution in [-0.2, 0) is 17.6 Å². The molecule has 0 spiro atoms. The third kappa shape index (κ3) is 3.40. The highest BCUT2D eigenvalue weighted by molar-refractivity contribution is 5.93. The Hall–Kier alpha value is -3.21. The van der Waals surface area contributed by atoms with Crippen molar-refractivity contribution < 1.29 is 9.53 Å². The van der Waals surface area contributed by atoms with Gasteiger partial charge in [0, 0.05) is 12.1 Å². The van der Waals surface area contributed by atoms with Gasteiger partial charge >= 0.3 is 5.97 Å². The quantitative estimate of drug-likeness (QED) is 0.648. The Morgan fingerprint density at radius 2 is 1.67 bits per heavy atom. The summed E-state index contributed by atoms with van der Waals surface area (Å²) in [6.45, 7) is 3.94. The van der Waals surface area contributed by atoms with Crippen molar-refractivity contribution in [1.82, 2.24) is 9.55 Å². The maximum atomic E-state index is 12.8. The number of nitrogens with zero attached hydrogens (tertiary/aromatic N) is 2. The molecular formula is C22H22N2O3. The topological polar surface area (TPSA) is 61.2 Å². The van der Waals surface area contributed by atoms with E-state index in [1.54, 1.807) is 12.1 Å². The number of aromatic nitrogens is 2. The molecule has 0 aliphatic heterocycles. The fourth-order valence-electron chi connectivity index (χ4n) is 3.32. The first-order valence-electron chi connectivity index (χ1n) is 9.00. The molecule has 0 atom stereocenters. The van der Waals surface area contributed by atoms with Crippen LogP contribution >= 0.6 is 0 Å². The predicted molar refractivity (Wildman–Crippen MR) is 105 cm³/mol. The zero-order valence-corrected chi connectivity index (χ0v) is 15.7. The normalized spacial score (nSPS) is 10.6. The summed E-state index contributed by atoms with van der Waals surface area (Å²) in [5, 5.41) is 0. The molecule has 5 heteroatoms. The van der Waals surface area contributed by atoms with Gasteiger partial charge in [-0.15, -0.1) is 0 Å². The van der Waals surface area contributed by atoms with Gasteiger partial charge in [-0.3, -0.25) is 4.79 Å². The molecule has 0 fully saturated rings. The predicted octanol–water partition coefficient (Wildman–Crippen LogP) is 3.81. The van der Waals surface area contributed by atoms with E-state index in [9.17, 15) is 9.59 Å². The number of carbonyl (C=O) groups is 1. The van der Waals surface area contributed by atoms with Crippen molar-refractivity contribution in [2.24, 2.45) is 0 Å². The van der Waals surface area contributed by atoms with Crippen molar-refractivity contribution in [3.05, 3.63) is 82.0 Å². The van der Waals surface area contributed by atoms with Crippen molar-refractivity contribution in [2.75, 3.05) is 7.11 Å². The standard InChI is InChI=1S/C22H22N2O3/c1-4-17-20(15-11-7-6-8-12-15)21(25)23-19(5-2)24(17)18-14-10-9-13-16(18)22(26)27-3/h6-14H,4-5H2,1-3H3. The van der Waals surface area contributed by atoms with E-state index in [1.807, 2.05) is 60.9 Å². The third-order valence-electron chi connectivity index (χ3n) is 4.52. The zero-order valence-electron chi connectivity index (χ0n) is 15.7. The molecular weight excluding hydrogens is 340 g/mol. The molecule has 0 aliphatic rings. The summed E-state index contributed by atoms with van der Waals surface area (Å²) in [5.74, 6) is 0.197. The Morgan fingerprint density at radius 1 is 1.00 bits per heavy atom. The first kappa shape index (κ1) is 18.6. The van der Waals surface area contributed by atoms with E-state index in [-0.39, 0.29) is 5.56 Å². The van der Waals surface area contributed by atoms with Gasteiger partial charge in [0.25, 0.3) is 5.56 Å². The van der Waals surface area contributed by atoms with Gasteiger partial charge in [0.05, 0.1) is 23.9 Å². The van der Waals surface area contributed by atoms with Gasteiger partial charge in [0.1, 0.15) is 5.82 Å². The van der Waals surface area contributed by atoms with Crippen LogP contribution in [0.4, 0.5) is 0 Å². The molecule has 0 radical (unpaired) electrons. The minimum Gasteiger partial charge on any atom is -0.465 e. The van der Waals surface area contributed by atoms with Crippen LogP contribution < -0.4 is 5.56 Å². The minimum absolute atomic E-state index is 0.248. The summed E-state index contributed by atoms with van der Waals surface area (Å²) >= 11 is 0. The van der Waals surface area contributed by atoms with Crippen LogP contribution in [0.15, 0.2) is 59.4 Å². The number of benzene rings is 2. The van der Waals surface area contributed by atoms with Crippen molar-refractivity contribution in [3.63, 3.8) is 0 Å². The van der Waals surface area contributed by atoms with Crippen molar-refractivity contribution >= 4 is 5.97 Å². The van der Waals surface area contributed by atoms with Crippen molar-refractivity contribution in [3.8, 4) is 16.8 Å². The summed E-state index contributed by atoms with van der Waals surface area (Å²) in [4.78, 5) is 29.5. The summed E-state index contributed by atoms with van der Waals surface area (Å²) in [7, 11) is 1.36. The SMILES string of the molecule is CCc1nc(=O)c(-c2ccccc2)c(CC)n1-c1ccccc1C(=O)OC. The summed E-state index contributed by atoms with van der Waals surface area (Å²) in [6, 6.07) is 16.7. The van der Waals surface area contributed by atoms with Crippen LogP contribution in [0.5, 0.6) is 0 Å². The van der Waals surface area contributed by atoms with E-state index in [1.165, 1.54) is 7.11 Å². The van der Waals surface area contributed by atoms with Crippen molar-refractivity contribution in [2.45, 2.75) is 26.7 Å². The first-order chi connectivity index (χ1) is 13.1. The largest absolute Gasteiger partial charge is 0.465 e. The number of aryl methyl sites for hydroxylation is 1. The smallest absolute Gasteiger partial charge is 0.339 e. The molecule has 27 heavy (non-hydrogen) atoms. The van der Waals surface area contributed by atoms with Crippen LogP contribution in [0.25, 0.3) is 16.8 Å². The number of hydrogen-bond donors (Lipinski definition) is 0. The third-order valence-corrected chi connectivity index (χ3v) is 4.52. The Labute approximate surface area is 158 Å². The Bertz CT molecular complexity index is 1020. The van der Waals surface area contributed by atoms with Gasteiger partial charge < -0.3 is 9.30 Å². The van der Waals surface area contributed by atoms with Crippen LogP contribution in [0.1, 0.15) is 35.7 Å². The highest BCUT2D eigenvalue weighted by Gasteiger charge is 2.21. The molecule has 1 heterocycles. The molecule has 3 rings (SSSR count). The van der Waals surface area contributed by atoms with Crippen LogP contribution in [0.3, 0.4) is 0 Å². The van der Waals surface area contributed by atoms with Crippen LogP contribution in [0.2, 0.25) is 0 Å². The molecule has 5 nitrogen and oxygen atoms in total. The molecule has 0 aliphatic carbocycles. The van der Waals surface area contributed by atoms with Crippen LogP contribution in [-0.4, -0.2) is 22.6 Å². The minimum atomic E-state index is -0.422. The lowest BCUT2D eigenvalue weighted by atomic mass is 10.0. The Balaban J connectivity index is 2.41. The maximum Gasteiger partial charge on any atom is 0.339 e. The van der Waals surface area contributed by atoms with E-state index in [4.69, 9.17) is 4.74 Å². The van der Waals surface area contributed by atoms with E-state index in [0.29, 0.717) is 35.5 Å². The molecule has 0 N–H and O–H groups in total. The van der Waals surface area contributed by atoms with Crippen molar-refractivity contribution in [1.29, 1.82) is 0 Å². The molecule has 0 saturated heterocycles. The number of hydrogen-bond acceptors (Lipinski definition) is 4. The Kier molecular flexibility index (Phi) is 5.50. The molecule has 0 amide bonds. The monoisotopic (exact) mass is 362 g/mol. The lowest BCUT2D eigenvalue weighted by molar-refractivity contribution is 0.0600. The van der Waals surface area contributed by atoms with Gasteiger partial charge in [-0.2, -0.15) is 4.98 Å². The number of carbonyl (C=O) groups excluding carboxylic acids is 1.